The van der Waals surface area contributed by atoms with E-state index in [1.54, 1.807) is 0 Å². The van der Waals surface area contributed by atoms with Gasteiger partial charge in [-0.2, -0.15) is 13.2 Å². The maximum absolute atomic E-state index is 13.8. The van der Waals surface area contributed by atoms with Gasteiger partial charge < -0.3 is 4.74 Å². The molecule has 0 spiro atoms. The number of ether oxygens (including phenoxy) is 1. The Kier molecular flexibility index (Phi) is 4.82. The number of rotatable bonds is 2. The van der Waals surface area contributed by atoms with Crippen LogP contribution in [0.1, 0.15) is 0 Å². The monoisotopic (exact) mass is 345 g/mol. The maximum atomic E-state index is 13.8. The highest BCUT2D eigenvalue weighted by molar-refractivity contribution is 5.97. The van der Waals surface area contributed by atoms with Crippen LogP contribution in [0, 0.1) is 11.6 Å². The van der Waals surface area contributed by atoms with Crippen molar-refractivity contribution < 1.29 is 36.3 Å². The Morgan fingerprint density at radius 1 is 0.958 bits per heavy atom. The standard InChI is InChI=1S/C15H8F5NO3/c16-8-5-6-12(21-14(23)24-13(22)15(18,19)20)10(7-8)9-3-1-2-4-11(9)17/h1-7H,(H,21,23). The van der Waals surface area contributed by atoms with E-state index < -0.39 is 29.9 Å². The highest BCUT2D eigenvalue weighted by atomic mass is 19.4. The second kappa shape index (κ2) is 6.65. The lowest BCUT2D eigenvalue weighted by molar-refractivity contribution is -0.192. The summed E-state index contributed by atoms with van der Waals surface area (Å²) in [6, 6.07) is 7.94. The zero-order valence-corrected chi connectivity index (χ0v) is 11.7. The number of esters is 1. The van der Waals surface area contributed by atoms with Crippen LogP contribution in [0.25, 0.3) is 11.1 Å². The SMILES string of the molecule is O=C(Nc1ccc(F)cc1-c1ccccc1F)OC(=O)C(F)(F)F. The van der Waals surface area contributed by atoms with E-state index in [4.69, 9.17) is 0 Å². The smallest absolute Gasteiger partial charge is 0.369 e. The highest BCUT2D eigenvalue weighted by Crippen LogP contribution is 2.31. The Balaban J connectivity index is 2.30. The number of hydrogen-bond donors (Lipinski definition) is 1. The quantitative estimate of drug-likeness (QED) is 0.502. The normalized spacial score (nSPS) is 11.0. The van der Waals surface area contributed by atoms with Gasteiger partial charge >= 0.3 is 18.2 Å². The van der Waals surface area contributed by atoms with E-state index in [0.29, 0.717) is 0 Å². The van der Waals surface area contributed by atoms with Gasteiger partial charge in [-0.15, -0.1) is 0 Å². The molecule has 0 saturated heterocycles. The van der Waals surface area contributed by atoms with Crippen molar-refractivity contribution in [1.82, 2.24) is 0 Å². The highest BCUT2D eigenvalue weighted by Gasteiger charge is 2.42. The Hall–Kier alpha value is -2.97. The Morgan fingerprint density at radius 2 is 1.62 bits per heavy atom. The molecular weight excluding hydrogens is 337 g/mol. The van der Waals surface area contributed by atoms with E-state index in [-0.39, 0.29) is 16.8 Å². The van der Waals surface area contributed by atoms with Crippen LogP contribution in [0.4, 0.5) is 32.4 Å². The molecule has 2 aromatic carbocycles. The molecule has 0 unspecified atom stereocenters. The molecule has 2 aromatic rings. The average Bonchev–Trinajstić information content (AvgIpc) is 2.48. The van der Waals surface area contributed by atoms with Gasteiger partial charge in [0.25, 0.3) is 0 Å². The first-order valence-electron chi connectivity index (χ1n) is 6.33. The Bertz CT molecular complexity index is 789. The van der Waals surface area contributed by atoms with Crippen LogP contribution in [-0.2, 0) is 9.53 Å². The summed E-state index contributed by atoms with van der Waals surface area (Å²) < 4.78 is 66.9. The third-order valence-electron chi connectivity index (χ3n) is 2.80. The molecule has 1 N–H and O–H groups in total. The molecule has 126 valence electrons. The van der Waals surface area contributed by atoms with E-state index in [9.17, 15) is 31.5 Å². The second-order valence-electron chi connectivity index (χ2n) is 4.47. The molecule has 0 bridgehead atoms. The van der Waals surface area contributed by atoms with Crippen LogP contribution in [0.3, 0.4) is 0 Å². The van der Waals surface area contributed by atoms with E-state index >= 15 is 0 Å². The fourth-order valence-corrected chi connectivity index (χ4v) is 1.81. The number of carbonyl (C=O) groups is 2. The first kappa shape index (κ1) is 17.4. The summed E-state index contributed by atoms with van der Waals surface area (Å²) in [6.07, 6.45) is -7.09. The van der Waals surface area contributed by atoms with E-state index in [1.807, 2.05) is 5.32 Å². The van der Waals surface area contributed by atoms with Crippen LogP contribution >= 0.6 is 0 Å². The largest absolute Gasteiger partial charge is 0.491 e. The molecule has 9 heteroatoms. The zero-order chi connectivity index (χ0) is 17.9. The van der Waals surface area contributed by atoms with Gasteiger partial charge in [0.05, 0.1) is 5.69 Å². The summed E-state index contributed by atoms with van der Waals surface area (Å²) in [4.78, 5) is 22.0. The molecule has 0 fully saturated rings. The number of benzene rings is 2. The van der Waals surface area contributed by atoms with Gasteiger partial charge in [-0.05, 0) is 24.3 Å². The van der Waals surface area contributed by atoms with Gasteiger partial charge in [-0.1, -0.05) is 18.2 Å². The van der Waals surface area contributed by atoms with Crippen LogP contribution in [0.15, 0.2) is 42.5 Å². The van der Waals surface area contributed by atoms with Crippen molar-refractivity contribution in [2.75, 3.05) is 5.32 Å². The van der Waals surface area contributed by atoms with Gasteiger partial charge in [0.2, 0.25) is 0 Å². The number of amides is 1. The number of carbonyl (C=O) groups excluding carboxylic acids is 2. The summed E-state index contributed by atoms with van der Waals surface area (Å²) in [7, 11) is 0. The number of nitrogens with one attached hydrogen (secondary N) is 1. The third kappa shape index (κ3) is 4.06. The topological polar surface area (TPSA) is 55.4 Å². The van der Waals surface area contributed by atoms with Crippen LogP contribution < -0.4 is 5.32 Å². The molecule has 24 heavy (non-hydrogen) atoms. The third-order valence-corrected chi connectivity index (χ3v) is 2.80. The molecule has 2 rings (SSSR count). The molecule has 0 aromatic heterocycles. The number of halogens is 5. The minimum absolute atomic E-state index is 0.102. The lowest BCUT2D eigenvalue weighted by atomic mass is 10.0. The summed E-state index contributed by atoms with van der Waals surface area (Å²) >= 11 is 0. The number of hydrogen-bond acceptors (Lipinski definition) is 3. The van der Waals surface area contributed by atoms with Gasteiger partial charge in [0.15, 0.2) is 0 Å². The van der Waals surface area contributed by atoms with Crippen molar-refractivity contribution in [3.05, 3.63) is 54.1 Å². The van der Waals surface area contributed by atoms with E-state index in [1.165, 1.54) is 18.2 Å². The molecular formula is C15H8F5NO3. The van der Waals surface area contributed by atoms with Crippen LogP contribution in [0.2, 0.25) is 0 Å². The molecule has 0 heterocycles. The predicted octanol–water partition coefficient (Wildman–Crippen LogP) is 4.27. The lowest BCUT2D eigenvalue weighted by Gasteiger charge is -2.12. The lowest BCUT2D eigenvalue weighted by Crippen LogP contribution is -2.30. The summed E-state index contributed by atoms with van der Waals surface area (Å²) in [6.45, 7) is 0. The summed E-state index contributed by atoms with van der Waals surface area (Å²) in [5.41, 5.74) is -0.472. The van der Waals surface area contributed by atoms with Gasteiger partial charge in [-0.25, -0.2) is 18.4 Å². The summed E-state index contributed by atoms with van der Waals surface area (Å²) in [5, 5.41) is 1.85. The predicted molar refractivity (Wildman–Crippen MR) is 73.0 cm³/mol. The maximum Gasteiger partial charge on any atom is 0.491 e. The molecule has 4 nitrogen and oxygen atoms in total. The van der Waals surface area contributed by atoms with Crippen molar-refractivity contribution >= 4 is 17.7 Å². The number of anilines is 1. The minimum atomic E-state index is -5.35. The Labute approximate surface area is 131 Å². The van der Waals surface area contributed by atoms with Crippen molar-refractivity contribution in [2.45, 2.75) is 6.18 Å². The van der Waals surface area contributed by atoms with Crippen LogP contribution in [0.5, 0.6) is 0 Å². The fraction of sp³-hybridized carbons (Fsp3) is 0.0667. The van der Waals surface area contributed by atoms with Gasteiger partial charge in [-0.3, -0.25) is 5.32 Å². The second-order valence-corrected chi connectivity index (χ2v) is 4.47. The van der Waals surface area contributed by atoms with Crippen molar-refractivity contribution in [3.8, 4) is 11.1 Å². The molecule has 0 saturated carbocycles. The van der Waals surface area contributed by atoms with Crippen LogP contribution in [-0.4, -0.2) is 18.2 Å². The van der Waals surface area contributed by atoms with Gasteiger partial charge in [0.1, 0.15) is 11.6 Å². The van der Waals surface area contributed by atoms with Crippen molar-refractivity contribution in [1.29, 1.82) is 0 Å². The molecule has 0 aliphatic rings. The van der Waals surface area contributed by atoms with E-state index in [0.717, 1.165) is 24.3 Å². The summed E-state index contributed by atoms with van der Waals surface area (Å²) in [5.74, 6) is -4.22. The fourth-order valence-electron chi connectivity index (χ4n) is 1.81. The number of alkyl halides is 3. The zero-order valence-electron chi connectivity index (χ0n) is 11.7. The molecule has 1 amide bonds. The molecule has 0 aliphatic carbocycles. The average molecular weight is 345 g/mol. The first-order chi connectivity index (χ1) is 11.2. The molecule has 0 aliphatic heterocycles. The van der Waals surface area contributed by atoms with Gasteiger partial charge in [0, 0.05) is 11.1 Å². The van der Waals surface area contributed by atoms with Crippen molar-refractivity contribution in [3.63, 3.8) is 0 Å². The molecule has 0 atom stereocenters. The first-order valence-corrected chi connectivity index (χ1v) is 6.33. The van der Waals surface area contributed by atoms with Crippen molar-refractivity contribution in [2.24, 2.45) is 0 Å². The Morgan fingerprint density at radius 3 is 2.25 bits per heavy atom. The van der Waals surface area contributed by atoms with E-state index in [2.05, 4.69) is 4.74 Å². The molecule has 0 radical (unpaired) electrons. The minimum Gasteiger partial charge on any atom is -0.369 e.